The molecule has 1 aromatic heterocycles. The standard InChI is InChI=1S/C17H26ClN3O4/c1-11-13(16(18)20(2)19-11)9-21-7-6-17(24-3)5-4-12(8-14(17)21)25-10-15(22)23/h12,14H,4-10H2,1-3H3,(H,22,23)/t12-,14+,17-/m1/s1. The summed E-state index contributed by atoms with van der Waals surface area (Å²) in [4.78, 5) is 13.2. The van der Waals surface area contributed by atoms with Gasteiger partial charge in [0.15, 0.2) is 0 Å². The van der Waals surface area contributed by atoms with E-state index in [1.807, 2.05) is 14.0 Å². The Balaban J connectivity index is 1.75. The molecule has 7 nitrogen and oxygen atoms in total. The van der Waals surface area contributed by atoms with Gasteiger partial charge in [-0.3, -0.25) is 9.58 Å². The summed E-state index contributed by atoms with van der Waals surface area (Å²) >= 11 is 6.40. The van der Waals surface area contributed by atoms with E-state index in [9.17, 15) is 4.79 Å². The first-order chi connectivity index (χ1) is 11.9. The van der Waals surface area contributed by atoms with Crippen LogP contribution in [-0.2, 0) is 27.9 Å². The third-order valence-electron chi connectivity index (χ3n) is 5.73. The maximum Gasteiger partial charge on any atom is 0.329 e. The van der Waals surface area contributed by atoms with Gasteiger partial charge in [-0.1, -0.05) is 11.6 Å². The number of aromatic nitrogens is 2. The van der Waals surface area contributed by atoms with E-state index in [-0.39, 0.29) is 24.4 Å². The van der Waals surface area contributed by atoms with Crippen molar-refractivity contribution in [1.29, 1.82) is 0 Å². The van der Waals surface area contributed by atoms with Crippen molar-refractivity contribution in [3.8, 4) is 0 Å². The van der Waals surface area contributed by atoms with Crippen molar-refractivity contribution in [3.63, 3.8) is 0 Å². The molecule has 3 atom stereocenters. The Hall–Kier alpha value is -1.15. The minimum atomic E-state index is -0.926. The zero-order valence-electron chi connectivity index (χ0n) is 15.0. The van der Waals surface area contributed by atoms with E-state index in [4.69, 9.17) is 26.2 Å². The summed E-state index contributed by atoms with van der Waals surface area (Å²) < 4.78 is 13.2. The molecule has 0 spiro atoms. The molecule has 2 fully saturated rings. The van der Waals surface area contributed by atoms with Crippen LogP contribution < -0.4 is 0 Å². The third-order valence-corrected chi connectivity index (χ3v) is 6.20. The Morgan fingerprint density at radius 3 is 2.84 bits per heavy atom. The molecule has 2 aliphatic rings. The quantitative estimate of drug-likeness (QED) is 0.824. The number of carbonyl (C=O) groups is 1. The van der Waals surface area contributed by atoms with E-state index in [0.717, 1.165) is 50.0 Å². The van der Waals surface area contributed by atoms with Crippen LogP contribution in [0.15, 0.2) is 0 Å². The number of methoxy groups -OCH3 is 1. The van der Waals surface area contributed by atoms with Gasteiger partial charge in [-0.05, 0) is 32.6 Å². The minimum absolute atomic E-state index is 0.0459. The van der Waals surface area contributed by atoms with Crippen molar-refractivity contribution in [2.24, 2.45) is 7.05 Å². The lowest BCUT2D eigenvalue weighted by atomic mass is 9.79. The Morgan fingerprint density at radius 2 is 2.24 bits per heavy atom. The number of nitrogens with zero attached hydrogens (tertiary/aromatic N) is 3. The van der Waals surface area contributed by atoms with Crippen LogP contribution in [0.2, 0.25) is 5.15 Å². The van der Waals surface area contributed by atoms with Crippen LogP contribution in [-0.4, -0.2) is 63.8 Å². The zero-order chi connectivity index (χ0) is 18.2. The highest BCUT2D eigenvalue weighted by molar-refractivity contribution is 6.30. The van der Waals surface area contributed by atoms with Crippen molar-refractivity contribution in [2.45, 2.75) is 56.9 Å². The number of rotatable bonds is 6. The van der Waals surface area contributed by atoms with Gasteiger partial charge in [-0.2, -0.15) is 5.10 Å². The second kappa shape index (κ2) is 7.23. The number of aliphatic carboxylic acids is 1. The Kier molecular flexibility index (Phi) is 5.39. The average Bonchev–Trinajstić information content (AvgIpc) is 3.06. The molecule has 1 aromatic rings. The molecule has 2 heterocycles. The van der Waals surface area contributed by atoms with Crippen LogP contribution >= 0.6 is 11.6 Å². The number of halogens is 1. The van der Waals surface area contributed by atoms with Gasteiger partial charge in [0, 0.05) is 38.9 Å². The minimum Gasteiger partial charge on any atom is -0.480 e. The van der Waals surface area contributed by atoms with Crippen molar-refractivity contribution in [2.75, 3.05) is 20.3 Å². The monoisotopic (exact) mass is 371 g/mol. The number of ether oxygens (including phenoxy) is 2. The van der Waals surface area contributed by atoms with Crippen LogP contribution in [0.3, 0.4) is 0 Å². The topological polar surface area (TPSA) is 76.8 Å². The van der Waals surface area contributed by atoms with E-state index < -0.39 is 5.97 Å². The predicted molar refractivity (Wildman–Crippen MR) is 92.7 cm³/mol. The van der Waals surface area contributed by atoms with Crippen LogP contribution in [0.1, 0.15) is 36.9 Å². The van der Waals surface area contributed by atoms with Crippen LogP contribution in [0.25, 0.3) is 0 Å². The largest absolute Gasteiger partial charge is 0.480 e. The molecule has 8 heteroatoms. The molecule has 1 aliphatic heterocycles. The first kappa shape index (κ1) is 18.6. The maximum atomic E-state index is 10.8. The molecule has 1 N–H and O–H groups in total. The molecule has 0 aromatic carbocycles. The van der Waals surface area contributed by atoms with Gasteiger partial charge in [0.1, 0.15) is 11.8 Å². The van der Waals surface area contributed by atoms with Gasteiger partial charge in [0.25, 0.3) is 0 Å². The SMILES string of the molecule is CO[C@@]12CC[C@@H](OCC(=O)O)C[C@@H]1N(Cc1c(C)nn(C)c1Cl)CC2. The summed E-state index contributed by atoms with van der Waals surface area (Å²) in [6.45, 7) is 3.38. The van der Waals surface area contributed by atoms with Crippen LogP contribution in [0.5, 0.6) is 0 Å². The Labute approximate surface area is 152 Å². The van der Waals surface area contributed by atoms with Crippen molar-refractivity contribution in [1.82, 2.24) is 14.7 Å². The van der Waals surface area contributed by atoms with Crippen molar-refractivity contribution >= 4 is 17.6 Å². The number of carboxylic acids is 1. The summed E-state index contributed by atoms with van der Waals surface area (Å²) in [5.41, 5.74) is 1.81. The van der Waals surface area contributed by atoms with Gasteiger partial charge >= 0.3 is 5.97 Å². The van der Waals surface area contributed by atoms with Gasteiger partial charge < -0.3 is 14.6 Å². The molecule has 3 rings (SSSR count). The lowest BCUT2D eigenvalue weighted by Crippen LogP contribution is -2.51. The fourth-order valence-electron chi connectivity index (χ4n) is 4.34. The highest BCUT2D eigenvalue weighted by Crippen LogP contribution is 2.44. The number of hydrogen-bond donors (Lipinski definition) is 1. The number of carboxylic acid groups (broad SMARTS) is 1. The maximum absolute atomic E-state index is 10.8. The van der Waals surface area contributed by atoms with E-state index in [1.54, 1.807) is 11.8 Å². The van der Waals surface area contributed by atoms with Crippen LogP contribution in [0.4, 0.5) is 0 Å². The number of likely N-dealkylation sites (tertiary alicyclic amines) is 1. The molecule has 0 unspecified atom stereocenters. The van der Waals surface area contributed by atoms with E-state index in [2.05, 4.69) is 10.00 Å². The molecule has 25 heavy (non-hydrogen) atoms. The normalized spacial score (nSPS) is 29.8. The van der Waals surface area contributed by atoms with Crippen molar-refractivity contribution < 1.29 is 19.4 Å². The second-order valence-electron chi connectivity index (χ2n) is 7.08. The molecule has 1 aliphatic carbocycles. The molecule has 0 bridgehead atoms. The summed E-state index contributed by atoms with van der Waals surface area (Å²) in [5, 5.41) is 13.9. The summed E-state index contributed by atoms with van der Waals surface area (Å²) in [5.74, 6) is -0.926. The number of hydrogen-bond acceptors (Lipinski definition) is 5. The Morgan fingerprint density at radius 1 is 1.48 bits per heavy atom. The van der Waals surface area contributed by atoms with E-state index in [0.29, 0.717) is 5.15 Å². The summed E-state index contributed by atoms with van der Waals surface area (Å²) in [6, 6.07) is 0.195. The lowest BCUT2D eigenvalue weighted by Gasteiger charge is -2.43. The first-order valence-corrected chi connectivity index (χ1v) is 9.04. The molecular weight excluding hydrogens is 346 g/mol. The van der Waals surface area contributed by atoms with Crippen molar-refractivity contribution in [3.05, 3.63) is 16.4 Å². The molecule has 1 saturated heterocycles. The fourth-order valence-corrected chi connectivity index (χ4v) is 4.58. The highest BCUT2D eigenvalue weighted by atomic mass is 35.5. The highest BCUT2D eigenvalue weighted by Gasteiger charge is 2.51. The number of aryl methyl sites for hydroxylation is 2. The summed E-state index contributed by atoms with van der Waals surface area (Å²) in [6.07, 6.45) is 3.41. The molecular formula is C17H26ClN3O4. The molecule has 140 valence electrons. The lowest BCUT2D eigenvalue weighted by molar-refractivity contribution is -0.148. The van der Waals surface area contributed by atoms with Gasteiger partial charge in [-0.25, -0.2) is 4.79 Å². The smallest absolute Gasteiger partial charge is 0.329 e. The van der Waals surface area contributed by atoms with Gasteiger partial charge in [-0.15, -0.1) is 0 Å². The zero-order valence-corrected chi connectivity index (χ0v) is 15.8. The van der Waals surface area contributed by atoms with Gasteiger partial charge in [0.05, 0.1) is 17.4 Å². The number of fused-ring (bicyclic) bond motifs is 1. The molecule has 0 amide bonds. The van der Waals surface area contributed by atoms with Crippen LogP contribution in [0, 0.1) is 6.92 Å². The fraction of sp³-hybridized carbons (Fsp3) is 0.765. The summed E-state index contributed by atoms with van der Waals surface area (Å²) in [7, 11) is 3.62. The Bertz CT molecular complexity index is 650. The molecule has 0 radical (unpaired) electrons. The second-order valence-corrected chi connectivity index (χ2v) is 7.44. The van der Waals surface area contributed by atoms with E-state index >= 15 is 0 Å². The predicted octanol–water partition coefficient (Wildman–Crippen LogP) is 2.00. The molecule has 1 saturated carbocycles. The van der Waals surface area contributed by atoms with E-state index in [1.165, 1.54) is 0 Å². The van der Waals surface area contributed by atoms with Gasteiger partial charge in [0.2, 0.25) is 0 Å². The first-order valence-electron chi connectivity index (χ1n) is 8.67. The third kappa shape index (κ3) is 3.56. The average molecular weight is 372 g/mol.